The maximum Gasteiger partial charge on any atom is 0.237 e. The zero-order valence-corrected chi connectivity index (χ0v) is 14.8. The van der Waals surface area contributed by atoms with Crippen LogP contribution < -0.4 is 10.1 Å². The summed E-state index contributed by atoms with van der Waals surface area (Å²) in [6.07, 6.45) is 6.55. The maximum atomic E-state index is 5.74. The monoisotopic (exact) mass is 329 g/mol. The van der Waals surface area contributed by atoms with Crippen molar-refractivity contribution in [3.63, 3.8) is 0 Å². The molecule has 0 radical (unpaired) electrons. The van der Waals surface area contributed by atoms with Gasteiger partial charge in [0.2, 0.25) is 5.89 Å². The van der Waals surface area contributed by atoms with Crippen molar-refractivity contribution < 1.29 is 9.26 Å². The number of nitrogens with one attached hydrogen (secondary N) is 1. The number of benzene rings is 1. The Morgan fingerprint density at radius 2 is 1.92 bits per heavy atom. The summed E-state index contributed by atoms with van der Waals surface area (Å²) in [5.74, 6) is 2.43. The first-order chi connectivity index (χ1) is 11.7. The molecule has 2 aromatic rings. The van der Waals surface area contributed by atoms with Crippen molar-refractivity contribution in [1.29, 1.82) is 0 Å². The minimum Gasteiger partial charge on any atom is -0.497 e. The highest BCUT2D eigenvalue weighted by Crippen LogP contribution is 2.44. The third-order valence-electron chi connectivity index (χ3n) is 5.21. The van der Waals surface area contributed by atoms with Crippen LogP contribution in [0.2, 0.25) is 0 Å². The van der Waals surface area contributed by atoms with Crippen molar-refractivity contribution in [2.75, 3.05) is 14.2 Å². The Kier molecular flexibility index (Phi) is 5.19. The molecule has 3 rings (SSSR count). The molecule has 0 spiro atoms. The fraction of sp³-hybridized carbons (Fsp3) is 0.579. The second kappa shape index (κ2) is 7.34. The molecular formula is C19H27N3O2. The lowest BCUT2D eigenvalue weighted by molar-refractivity contribution is 0.250. The number of nitrogens with zero attached hydrogens (tertiary/aromatic N) is 2. The minimum atomic E-state index is -0.154. The molecule has 5 heteroatoms. The van der Waals surface area contributed by atoms with Crippen LogP contribution in [0.1, 0.15) is 56.3 Å². The second-order valence-corrected chi connectivity index (χ2v) is 6.78. The van der Waals surface area contributed by atoms with Gasteiger partial charge in [-0.15, -0.1) is 0 Å². The van der Waals surface area contributed by atoms with Crippen LogP contribution in [0.25, 0.3) is 0 Å². The number of methoxy groups -OCH3 is 1. The van der Waals surface area contributed by atoms with Gasteiger partial charge in [0.15, 0.2) is 5.82 Å². The molecule has 1 aliphatic rings. The van der Waals surface area contributed by atoms with Gasteiger partial charge in [-0.3, -0.25) is 0 Å². The molecule has 1 aromatic carbocycles. The van der Waals surface area contributed by atoms with E-state index in [4.69, 9.17) is 14.2 Å². The largest absolute Gasteiger partial charge is 0.497 e. The number of likely N-dealkylation sites (N-methyl/N-ethyl adjacent to an activating group) is 1. The van der Waals surface area contributed by atoms with Crippen molar-refractivity contribution >= 4 is 0 Å². The molecular weight excluding hydrogens is 302 g/mol. The molecule has 1 aliphatic carbocycles. The van der Waals surface area contributed by atoms with E-state index in [1.807, 2.05) is 19.2 Å². The summed E-state index contributed by atoms with van der Waals surface area (Å²) in [7, 11) is 3.64. The van der Waals surface area contributed by atoms with Crippen LogP contribution in [0.15, 0.2) is 28.8 Å². The number of hydrogen-bond acceptors (Lipinski definition) is 5. The fourth-order valence-electron chi connectivity index (χ4n) is 3.60. The number of ether oxygens (including phenoxy) is 1. The summed E-state index contributed by atoms with van der Waals surface area (Å²) >= 11 is 0. The average molecular weight is 329 g/mol. The van der Waals surface area contributed by atoms with Gasteiger partial charge in [0.05, 0.1) is 12.5 Å². The van der Waals surface area contributed by atoms with E-state index in [9.17, 15) is 0 Å². The Labute approximate surface area is 143 Å². The molecule has 0 aliphatic heterocycles. The molecule has 0 saturated heterocycles. The Bertz CT molecular complexity index is 645. The predicted molar refractivity (Wildman–Crippen MR) is 93.4 cm³/mol. The Balaban J connectivity index is 1.93. The second-order valence-electron chi connectivity index (χ2n) is 6.78. The first kappa shape index (κ1) is 17.0. The van der Waals surface area contributed by atoms with Gasteiger partial charge in [-0.05, 0) is 44.5 Å². The highest BCUT2D eigenvalue weighted by atomic mass is 16.5. The van der Waals surface area contributed by atoms with Gasteiger partial charge in [-0.2, -0.15) is 4.98 Å². The normalized spacial score (nSPS) is 18.3. The predicted octanol–water partition coefficient (Wildman–Crippen LogP) is 3.48. The standard InChI is InChI=1S/C19H27N3O2/c1-14(20-2)13-17-21-18(24-22-17)19(11-5-4-6-12-19)15-7-9-16(23-3)10-8-15/h7-10,14,20H,4-6,11-13H2,1-3H3. The third-order valence-corrected chi connectivity index (χ3v) is 5.21. The molecule has 1 N–H and O–H groups in total. The summed E-state index contributed by atoms with van der Waals surface area (Å²) in [5.41, 5.74) is 1.10. The van der Waals surface area contributed by atoms with Crippen molar-refractivity contribution in [2.24, 2.45) is 0 Å². The van der Waals surface area contributed by atoms with Gasteiger partial charge in [0, 0.05) is 12.5 Å². The van der Waals surface area contributed by atoms with Gasteiger partial charge in [0.1, 0.15) is 5.75 Å². The lowest BCUT2D eigenvalue weighted by atomic mass is 9.69. The number of aromatic nitrogens is 2. The maximum absolute atomic E-state index is 5.74. The van der Waals surface area contributed by atoms with E-state index in [0.717, 1.165) is 36.7 Å². The van der Waals surface area contributed by atoms with E-state index < -0.39 is 0 Å². The van der Waals surface area contributed by atoms with Crippen molar-refractivity contribution in [2.45, 2.75) is 56.9 Å². The fourth-order valence-corrected chi connectivity index (χ4v) is 3.60. The Morgan fingerprint density at radius 1 is 1.21 bits per heavy atom. The topological polar surface area (TPSA) is 60.2 Å². The molecule has 24 heavy (non-hydrogen) atoms. The van der Waals surface area contributed by atoms with E-state index >= 15 is 0 Å². The van der Waals surface area contributed by atoms with Crippen LogP contribution >= 0.6 is 0 Å². The zero-order valence-electron chi connectivity index (χ0n) is 14.8. The van der Waals surface area contributed by atoms with Crippen LogP contribution in [0.4, 0.5) is 0 Å². The van der Waals surface area contributed by atoms with E-state index in [1.54, 1.807) is 7.11 Å². The molecule has 1 aromatic heterocycles. The first-order valence-electron chi connectivity index (χ1n) is 8.83. The Morgan fingerprint density at radius 3 is 2.54 bits per heavy atom. The smallest absolute Gasteiger partial charge is 0.237 e. The molecule has 1 fully saturated rings. The van der Waals surface area contributed by atoms with Gasteiger partial charge in [-0.1, -0.05) is 36.6 Å². The van der Waals surface area contributed by atoms with Gasteiger partial charge >= 0.3 is 0 Å². The van der Waals surface area contributed by atoms with E-state index in [2.05, 4.69) is 29.5 Å². The van der Waals surface area contributed by atoms with Gasteiger partial charge < -0.3 is 14.6 Å². The molecule has 1 atom stereocenters. The van der Waals surface area contributed by atoms with Crippen LogP contribution in [-0.2, 0) is 11.8 Å². The molecule has 0 bridgehead atoms. The van der Waals surface area contributed by atoms with Crippen molar-refractivity contribution in [3.8, 4) is 5.75 Å². The molecule has 1 unspecified atom stereocenters. The number of rotatable bonds is 6. The van der Waals surface area contributed by atoms with Gasteiger partial charge in [0.25, 0.3) is 0 Å². The van der Waals surface area contributed by atoms with Crippen molar-refractivity contribution in [1.82, 2.24) is 15.5 Å². The van der Waals surface area contributed by atoms with Crippen LogP contribution in [0.3, 0.4) is 0 Å². The summed E-state index contributed by atoms with van der Waals surface area (Å²) < 4.78 is 11.0. The molecule has 1 heterocycles. The lowest BCUT2D eigenvalue weighted by Gasteiger charge is -2.34. The Hall–Kier alpha value is -1.88. The van der Waals surface area contributed by atoms with Crippen LogP contribution in [0.5, 0.6) is 5.75 Å². The number of hydrogen-bond donors (Lipinski definition) is 1. The molecule has 130 valence electrons. The highest BCUT2D eigenvalue weighted by Gasteiger charge is 2.41. The minimum absolute atomic E-state index is 0.154. The van der Waals surface area contributed by atoms with E-state index in [0.29, 0.717) is 6.04 Å². The quantitative estimate of drug-likeness (QED) is 0.879. The molecule has 5 nitrogen and oxygen atoms in total. The van der Waals surface area contributed by atoms with E-state index in [-0.39, 0.29) is 5.41 Å². The van der Waals surface area contributed by atoms with Crippen LogP contribution in [0, 0.1) is 0 Å². The summed E-state index contributed by atoms with van der Waals surface area (Å²) in [4.78, 5) is 4.76. The first-order valence-corrected chi connectivity index (χ1v) is 8.83. The van der Waals surface area contributed by atoms with Crippen LogP contribution in [-0.4, -0.2) is 30.3 Å². The summed E-state index contributed by atoms with van der Waals surface area (Å²) in [5, 5.41) is 7.45. The lowest BCUT2D eigenvalue weighted by Crippen LogP contribution is -2.31. The third kappa shape index (κ3) is 3.31. The zero-order chi connectivity index (χ0) is 17.0. The summed E-state index contributed by atoms with van der Waals surface area (Å²) in [6.45, 7) is 2.12. The van der Waals surface area contributed by atoms with Gasteiger partial charge in [-0.25, -0.2) is 0 Å². The molecule has 0 amide bonds. The van der Waals surface area contributed by atoms with E-state index in [1.165, 1.54) is 24.8 Å². The average Bonchev–Trinajstić information content (AvgIpc) is 3.11. The highest BCUT2D eigenvalue weighted by molar-refractivity contribution is 5.37. The molecule has 1 saturated carbocycles. The SMILES string of the molecule is CNC(C)Cc1noc(C2(c3ccc(OC)cc3)CCCCC2)n1. The van der Waals surface area contributed by atoms with Crippen molar-refractivity contribution in [3.05, 3.63) is 41.5 Å². The summed E-state index contributed by atoms with van der Waals surface area (Å²) in [6, 6.07) is 8.66.